The van der Waals surface area contributed by atoms with Crippen LogP contribution in [0.1, 0.15) is 104 Å². The van der Waals surface area contributed by atoms with E-state index in [4.69, 9.17) is 31.0 Å². The van der Waals surface area contributed by atoms with Gasteiger partial charge in [0.05, 0.1) is 12.1 Å². The minimum atomic E-state index is -0.571. The minimum Gasteiger partial charge on any atom is -0.296 e. The van der Waals surface area contributed by atoms with Crippen molar-refractivity contribution in [3.63, 3.8) is 0 Å². The highest BCUT2D eigenvalue weighted by molar-refractivity contribution is 7.81. The van der Waals surface area contributed by atoms with Gasteiger partial charge in [0.25, 0.3) is 11.8 Å². The summed E-state index contributed by atoms with van der Waals surface area (Å²) in [6.07, 6.45) is 5.52. The summed E-state index contributed by atoms with van der Waals surface area (Å²) in [5.74, 6) is -1.04. The average molecular weight is 648 g/mol. The standard InChI is InChI=1S/C38H34FN3O2S2/c1-7-9-11-19(4)41-35(43)22-14-13-21-28-18(3)15-24-30-23(36(44)42(37(24)45)20(5)12-10-8-2)16-26(39)32(34(28)30)33-27(40-6)17-25(38(41)46)29(22)31(21)33/h13-17,19-20H,7-12H2,1-5H3/t19-,20-/m0/s1. The van der Waals surface area contributed by atoms with Gasteiger partial charge in [-0.15, -0.1) is 0 Å². The first kappa shape index (κ1) is 30.6. The van der Waals surface area contributed by atoms with Crippen LogP contribution in [0.15, 0.2) is 30.3 Å². The smallest absolute Gasteiger partial charge is 0.259 e. The van der Waals surface area contributed by atoms with E-state index < -0.39 is 5.82 Å². The molecule has 2 heterocycles. The highest BCUT2D eigenvalue weighted by Gasteiger charge is 2.38. The molecule has 0 spiro atoms. The van der Waals surface area contributed by atoms with E-state index in [2.05, 4.69) is 18.7 Å². The van der Waals surface area contributed by atoms with E-state index in [1.807, 2.05) is 39.0 Å². The molecule has 0 N–H and O–H groups in total. The number of nitrogens with zero attached hydrogens (tertiary/aromatic N) is 3. The van der Waals surface area contributed by atoms with Crippen LogP contribution in [0.5, 0.6) is 0 Å². The zero-order valence-corrected chi connectivity index (χ0v) is 28.3. The number of halogens is 1. The van der Waals surface area contributed by atoms with Crippen molar-refractivity contribution in [3.05, 3.63) is 75.4 Å². The number of benzene rings is 5. The lowest BCUT2D eigenvalue weighted by Crippen LogP contribution is -2.45. The maximum atomic E-state index is 16.7. The molecule has 2 aliphatic rings. The summed E-state index contributed by atoms with van der Waals surface area (Å²) in [4.78, 5) is 36.2. The molecular weight excluding hydrogens is 614 g/mol. The zero-order chi connectivity index (χ0) is 32.8. The first-order chi connectivity index (χ1) is 22.1. The summed E-state index contributed by atoms with van der Waals surface area (Å²) in [7, 11) is 0. The van der Waals surface area contributed by atoms with Crippen molar-refractivity contribution < 1.29 is 14.0 Å². The molecule has 0 saturated carbocycles. The first-order valence-electron chi connectivity index (χ1n) is 16.1. The number of amides is 2. The molecule has 2 amide bonds. The number of hydrogen-bond acceptors (Lipinski definition) is 4. The molecule has 0 aromatic heterocycles. The van der Waals surface area contributed by atoms with Crippen LogP contribution in [-0.4, -0.2) is 43.7 Å². The van der Waals surface area contributed by atoms with Crippen LogP contribution in [0.25, 0.3) is 47.9 Å². The fourth-order valence-corrected chi connectivity index (χ4v) is 8.72. The van der Waals surface area contributed by atoms with Gasteiger partial charge in [-0.2, -0.15) is 0 Å². The molecular formula is C38H34FN3O2S2. The maximum Gasteiger partial charge on any atom is 0.259 e. The molecule has 0 fully saturated rings. The van der Waals surface area contributed by atoms with Crippen molar-refractivity contribution in [2.45, 2.75) is 85.2 Å². The van der Waals surface area contributed by atoms with Crippen molar-refractivity contribution in [3.8, 4) is 0 Å². The fourth-order valence-electron chi connectivity index (χ4n) is 7.88. The number of rotatable bonds is 8. The molecule has 0 radical (unpaired) electrons. The predicted molar refractivity (Wildman–Crippen MR) is 192 cm³/mol. The Labute approximate surface area is 278 Å². The third kappa shape index (κ3) is 4.01. The highest BCUT2D eigenvalue weighted by Crippen LogP contribution is 2.51. The van der Waals surface area contributed by atoms with Gasteiger partial charge < -0.3 is 0 Å². The Morgan fingerprint density at radius 2 is 1.30 bits per heavy atom. The number of fused-ring (bicyclic) bond motifs is 2. The van der Waals surface area contributed by atoms with Gasteiger partial charge in [0.2, 0.25) is 0 Å². The number of hydrogen-bond donors (Lipinski definition) is 0. The number of aryl methyl sites for hydroxylation is 1. The molecule has 2 atom stereocenters. The second kappa shape index (κ2) is 11.0. The van der Waals surface area contributed by atoms with Gasteiger partial charge in [-0.3, -0.25) is 19.4 Å². The van der Waals surface area contributed by atoms with E-state index in [0.29, 0.717) is 48.0 Å². The molecule has 5 aromatic carbocycles. The van der Waals surface area contributed by atoms with Crippen molar-refractivity contribution >= 4 is 95.0 Å². The molecule has 0 bridgehead atoms. The Morgan fingerprint density at radius 3 is 1.89 bits per heavy atom. The van der Waals surface area contributed by atoms with E-state index in [1.54, 1.807) is 15.9 Å². The molecule has 5 aromatic rings. The molecule has 8 heteroatoms. The summed E-state index contributed by atoms with van der Waals surface area (Å²) in [6.45, 7) is 18.4. The number of carbonyl (C=O) groups excluding carboxylic acids is 2. The molecule has 2 aliphatic heterocycles. The molecule has 0 saturated heterocycles. The summed E-state index contributed by atoms with van der Waals surface area (Å²) in [5, 5.41) is 4.87. The van der Waals surface area contributed by atoms with Crippen molar-refractivity contribution in [2.24, 2.45) is 0 Å². The van der Waals surface area contributed by atoms with Crippen molar-refractivity contribution in [2.75, 3.05) is 0 Å². The van der Waals surface area contributed by atoms with Crippen LogP contribution < -0.4 is 0 Å². The number of carbonyl (C=O) groups is 2. The second-order valence-electron chi connectivity index (χ2n) is 12.9. The fraction of sp³-hybridized carbons (Fsp3) is 0.342. The quantitative estimate of drug-likeness (QED) is 0.0728. The average Bonchev–Trinajstić information content (AvgIpc) is 3.04. The van der Waals surface area contributed by atoms with E-state index in [1.165, 1.54) is 6.07 Å². The van der Waals surface area contributed by atoms with Gasteiger partial charge in [-0.05, 0) is 85.0 Å². The largest absolute Gasteiger partial charge is 0.296 e. The molecule has 0 unspecified atom stereocenters. The molecule has 46 heavy (non-hydrogen) atoms. The van der Waals surface area contributed by atoms with Gasteiger partial charge in [0.15, 0.2) is 5.69 Å². The third-order valence-corrected chi connectivity index (χ3v) is 10.9. The van der Waals surface area contributed by atoms with E-state index in [9.17, 15) is 9.59 Å². The topological polar surface area (TPSA) is 45.0 Å². The predicted octanol–water partition coefficient (Wildman–Crippen LogP) is 10.2. The van der Waals surface area contributed by atoms with Crippen LogP contribution in [0.4, 0.5) is 10.1 Å². The summed E-state index contributed by atoms with van der Waals surface area (Å²) in [6, 6.07) is 8.59. The highest BCUT2D eigenvalue weighted by atomic mass is 32.1. The number of thiocarbonyl (C=S) groups is 2. The van der Waals surface area contributed by atoms with Crippen LogP contribution in [0, 0.1) is 19.3 Å². The lowest BCUT2D eigenvalue weighted by Gasteiger charge is -2.36. The molecule has 0 aliphatic carbocycles. The first-order valence-corrected chi connectivity index (χ1v) is 17.0. The SMILES string of the molecule is [C-]#[N+]c1cc2c3c(ccc4c5c(C)cc6c7c(cc(F)c(c1c34)c75)C(=O)N([C@@H](C)CCCC)C6=S)C(=O)N([C@@H](C)CCCC)C2=S. The summed E-state index contributed by atoms with van der Waals surface area (Å²) in [5.41, 5.74) is 3.32. The Balaban J connectivity index is 1.59. The van der Waals surface area contributed by atoms with Crippen molar-refractivity contribution in [1.29, 1.82) is 0 Å². The van der Waals surface area contributed by atoms with E-state index in [0.717, 1.165) is 60.4 Å². The monoisotopic (exact) mass is 647 g/mol. The van der Waals surface area contributed by atoms with E-state index >= 15 is 4.39 Å². The summed E-state index contributed by atoms with van der Waals surface area (Å²) < 4.78 is 16.7. The van der Waals surface area contributed by atoms with Gasteiger partial charge in [0.1, 0.15) is 15.8 Å². The minimum absolute atomic E-state index is 0.103. The van der Waals surface area contributed by atoms with Gasteiger partial charge in [0, 0.05) is 50.3 Å². The van der Waals surface area contributed by atoms with Gasteiger partial charge in [-0.25, -0.2) is 9.24 Å². The molecule has 232 valence electrons. The zero-order valence-electron chi connectivity index (χ0n) is 26.6. The maximum absolute atomic E-state index is 16.7. The Bertz CT molecular complexity index is 2230. The van der Waals surface area contributed by atoms with Crippen LogP contribution >= 0.6 is 24.4 Å². The third-order valence-electron chi connectivity index (χ3n) is 10.1. The Kier molecular flexibility index (Phi) is 7.34. The Morgan fingerprint density at radius 1 is 0.739 bits per heavy atom. The second-order valence-corrected chi connectivity index (χ2v) is 13.7. The van der Waals surface area contributed by atoms with Crippen molar-refractivity contribution in [1.82, 2.24) is 9.80 Å². The lowest BCUT2D eigenvalue weighted by molar-refractivity contribution is 0.0798. The molecule has 5 nitrogen and oxygen atoms in total. The van der Waals surface area contributed by atoms with Crippen LogP contribution in [0.2, 0.25) is 0 Å². The van der Waals surface area contributed by atoms with Crippen LogP contribution in [0.3, 0.4) is 0 Å². The Hall–Kier alpha value is -4.06. The van der Waals surface area contributed by atoms with Gasteiger partial charge in [-0.1, -0.05) is 70.0 Å². The van der Waals surface area contributed by atoms with E-state index in [-0.39, 0.29) is 40.5 Å². The summed E-state index contributed by atoms with van der Waals surface area (Å²) >= 11 is 12.0. The molecule has 7 rings (SSSR count). The van der Waals surface area contributed by atoms with Crippen LogP contribution in [-0.2, 0) is 0 Å². The normalized spacial score (nSPS) is 16.0. The van der Waals surface area contributed by atoms with Gasteiger partial charge >= 0.3 is 0 Å². The lowest BCUT2D eigenvalue weighted by atomic mass is 9.80. The number of unbranched alkanes of at least 4 members (excludes halogenated alkanes) is 2.